The molecule has 4 aliphatic heterocycles. The summed E-state index contributed by atoms with van der Waals surface area (Å²) in [6.07, 6.45) is 17.7. The van der Waals surface area contributed by atoms with Crippen molar-refractivity contribution in [2.75, 3.05) is 27.3 Å². The van der Waals surface area contributed by atoms with E-state index in [0.29, 0.717) is 24.7 Å². The molecule has 3 amide bonds. The van der Waals surface area contributed by atoms with Crippen LogP contribution in [0.15, 0.2) is 83.9 Å². The highest BCUT2D eigenvalue weighted by atomic mass is 16.5. The van der Waals surface area contributed by atoms with E-state index in [1.165, 1.54) is 30.9 Å². The van der Waals surface area contributed by atoms with Crippen LogP contribution in [-0.2, 0) is 14.3 Å². The topological polar surface area (TPSA) is 188 Å². The number of aromatic amines is 1. The van der Waals surface area contributed by atoms with Crippen LogP contribution in [0.5, 0.6) is 0 Å². The Labute approximate surface area is 338 Å². The number of aromatic nitrogens is 2. The number of carbonyl (C=O) groups excluding carboxylic acids is 3. The lowest BCUT2D eigenvalue weighted by atomic mass is 9.86. The number of imidazole rings is 1. The summed E-state index contributed by atoms with van der Waals surface area (Å²) in [5.74, 6) is 0.478. The quantitative estimate of drug-likeness (QED) is 0.148. The lowest BCUT2D eigenvalue weighted by molar-refractivity contribution is -0.573. The molecule has 0 radical (unpaired) electrons. The molecule has 6 N–H and O–H groups in total. The van der Waals surface area contributed by atoms with E-state index in [9.17, 15) is 19.5 Å². The molecule has 15 nitrogen and oxygen atoms in total. The van der Waals surface area contributed by atoms with Crippen LogP contribution in [0.2, 0.25) is 0 Å². The van der Waals surface area contributed by atoms with E-state index in [4.69, 9.17) is 15.0 Å². The van der Waals surface area contributed by atoms with Gasteiger partial charge in [0.05, 0.1) is 56.5 Å². The fraction of sp³-hybridized carbons (Fsp3) is 0.488. The maximum Gasteiger partial charge on any atom is 0.622 e. The monoisotopic (exact) mass is 792 g/mol. The second kappa shape index (κ2) is 16.4. The minimum atomic E-state index is -0.797. The third-order valence-electron chi connectivity index (χ3n) is 12.7. The van der Waals surface area contributed by atoms with Crippen molar-refractivity contribution >= 4 is 23.7 Å². The van der Waals surface area contributed by atoms with E-state index in [-0.39, 0.29) is 42.7 Å². The molecule has 8 atom stereocenters. The Balaban J connectivity index is 0.911. The van der Waals surface area contributed by atoms with Gasteiger partial charge in [-0.25, -0.2) is 9.78 Å². The largest absolute Gasteiger partial charge is 0.622 e. The van der Waals surface area contributed by atoms with Gasteiger partial charge < -0.3 is 40.4 Å². The summed E-state index contributed by atoms with van der Waals surface area (Å²) < 4.78 is 10.7. The molecule has 1 aromatic carbocycles. The highest BCUT2D eigenvalue weighted by molar-refractivity contribution is 5.86. The first-order chi connectivity index (χ1) is 28.0. The van der Waals surface area contributed by atoms with E-state index >= 15 is 0 Å². The van der Waals surface area contributed by atoms with Crippen LogP contribution in [-0.4, -0.2) is 111 Å². The average Bonchev–Trinajstić information content (AvgIpc) is 4.05. The van der Waals surface area contributed by atoms with Gasteiger partial charge in [0.15, 0.2) is 0 Å². The van der Waals surface area contributed by atoms with Gasteiger partial charge in [-0.05, 0) is 70.0 Å². The number of allylic oxidation sites excluding steroid dienone is 6. The number of likely N-dealkylation sites (tertiary alicyclic amines) is 1. The molecule has 6 aliphatic rings. The molecule has 15 heteroatoms. The Morgan fingerprint density at radius 2 is 1.78 bits per heavy atom. The SMILES string of the molecule is COC(=O)NC(C(=O)N1CC(O)CC1c1ncc(-c2ccc(C3=CC=C(C4=CNC(C5CC6=CC=CC7CCC([N+](=N)C(=O)OC)CN5C67)N4)CC3)cc2)[nH]1)C(C)C. The van der Waals surface area contributed by atoms with Gasteiger partial charge in [-0.1, -0.05) is 74.1 Å². The van der Waals surface area contributed by atoms with Crippen LogP contribution in [0, 0.1) is 17.4 Å². The smallest absolute Gasteiger partial charge is 0.453 e. The van der Waals surface area contributed by atoms with Gasteiger partial charge in [-0.2, -0.15) is 4.79 Å². The summed E-state index contributed by atoms with van der Waals surface area (Å²) in [5.41, 5.74) is 16.4. The van der Waals surface area contributed by atoms with Gasteiger partial charge in [0.2, 0.25) is 11.9 Å². The number of ether oxygens (including phenoxy) is 2. The molecule has 2 aliphatic carbocycles. The number of carbonyl (C=O) groups is 3. The molecule has 5 heterocycles. The van der Waals surface area contributed by atoms with Gasteiger partial charge in [0.25, 0.3) is 0 Å². The maximum atomic E-state index is 13.6. The second-order valence-corrected chi connectivity index (χ2v) is 16.5. The number of rotatable bonds is 9. The predicted octanol–water partition coefficient (Wildman–Crippen LogP) is 5.08. The number of aliphatic hydroxyl groups is 1. The molecule has 1 aromatic heterocycles. The highest BCUT2D eigenvalue weighted by Gasteiger charge is 2.50. The van der Waals surface area contributed by atoms with Crippen molar-refractivity contribution in [1.82, 2.24) is 35.7 Å². The number of hydrogen-bond acceptors (Lipinski definition) is 11. The van der Waals surface area contributed by atoms with Crippen molar-refractivity contribution in [3.63, 3.8) is 0 Å². The number of H-pyrrole nitrogens is 1. The average molecular weight is 793 g/mol. The molecule has 58 heavy (non-hydrogen) atoms. The maximum absolute atomic E-state index is 13.6. The minimum Gasteiger partial charge on any atom is -0.453 e. The Kier molecular flexibility index (Phi) is 11.1. The van der Waals surface area contributed by atoms with Crippen molar-refractivity contribution in [2.24, 2.45) is 11.8 Å². The number of aliphatic hydroxyl groups excluding tert-OH is 1. The molecular formula is C43H54N9O6+. The zero-order valence-corrected chi connectivity index (χ0v) is 33.5. The van der Waals surface area contributed by atoms with E-state index < -0.39 is 30.4 Å². The summed E-state index contributed by atoms with van der Waals surface area (Å²) in [4.78, 5) is 50.0. The highest BCUT2D eigenvalue weighted by Crippen LogP contribution is 2.43. The van der Waals surface area contributed by atoms with E-state index in [0.717, 1.165) is 59.3 Å². The van der Waals surface area contributed by atoms with Crippen LogP contribution in [0.1, 0.15) is 69.8 Å². The van der Waals surface area contributed by atoms with Crippen molar-refractivity contribution in [1.29, 1.82) is 5.53 Å². The van der Waals surface area contributed by atoms with E-state index in [2.05, 4.69) is 91.7 Å². The third kappa shape index (κ3) is 7.60. The summed E-state index contributed by atoms with van der Waals surface area (Å²) in [6.45, 7) is 4.48. The molecule has 0 spiro atoms. The van der Waals surface area contributed by atoms with Crippen molar-refractivity contribution in [3.8, 4) is 11.3 Å². The molecule has 306 valence electrons. The number of nitrogens with one attached hydrogen (secondary N) is 5. The third-order valence-corrected chi connectivity index (χ3v) is 12.7. The van der Waals surface area contributed by atoms with Gasteiger partial charge in [0.1, 0.15) is 18.0 Å². The van der Waals surface area contributed by atoms with Crippen molar-refractivity contribution in [2.45, 2.75) is 94.9 Å². The summed E-state index contributed by atoms with van der Waals surface area (Å²) in [6, 6.07) is 7.32. The molecule has 3 saturated heterocycles. The van der Waals surface area contributed by atoms with Crippen LogP contribution >= 0.6 is 0 Å². The lowest BCUT2D eigenvalue weighted by Crippen LogP contribution is -2.54. The Bertz CT molecular complexity index is 2100. The summed E-state index contributed by atoms with van der Waals surface area (Å²) in [7, 11) is 2.59. The number of β-amino-alcohol motifs (C(OH)–C–C–N with tert-alkyl or cyclic N) is 1. The van der Waals surface area contributed by atoms with Crippen LogP contribution in [0.4, 0.5) is 9.59 Å². The van der Waals surface area contributed by atoms with Crippen LogP contribution < -0.4 is 16.0 Å². The summed E-state index contributed by atoms with van der Waals surface area (Å²) in [5, 5.41) is 20.6. The number of hydrogen-bond donors (Lipinski definition) is 6. The first-order valence-corrected chi connectivity index (χ1v) is 20.4. The molecule has 2 aromatic rings. The van der Waals surface area contributed by atoms with Crippen LogP contribution in [0.3, 0.4) is 0 Å². The molecule has 8 unspecified atom stereocenters. The van der Waals surface area contributed by atoms with Crippen molar-refractivity contribution in [3.05, 3.63) is 95.3 Å². The fourth-order valence-electron chi connectivity index (χ4n) is 9.63. The number of nitrogens with zero attached hydrogens (tertiary/aromatic N) is 4. The van der Waals surface area contributed by atoms with Gasteiger partial charge in [-0.15, -0.1) is 0 Å². The lowest BCUT2D eigenvalue weighted by Gasteiger charge is -2.35. The standard InChI is InChI=1S/C43H53N9O6/c1-24(2)37(49-42(55)57-3)41(54)51-23-32(53)19-36(51)40-46-21-34(48-40)28-14-10-26(11-15-28)25-8-12-27(13-9-25)33-20-45-39(47-33)35-18-30-7-5-6-29-16-17-31(22-50(35)38(29)30)52(44)43(56)58-4/h5-8,10-12,14-15,20-21,24,29,31-32,35-39,53H,9,13,16-19,22-23,44H2,1-4H3,(H2,46,47,48,49,55)/p+1. The zero-order valence-electron chi connectivity index (χ0n) is 33.5. The van der Waals surface area contributed by atoms with Gasteiger partial charge in [0, 0.05) is 31.6 Å². The van der Waals surface area contributed by atoms with E-state index in [1.54, 1.807) is 11.1 Å². The fourth-order valence-corrected chi connectivity index (χ4v) is 9.63. The first-order valence-electron chi connectivity index (χ1n) is 20.4. The molecule has 0 saturated carbocycles. The second-order valence-electron chi connectivity index (χ2n) is 16.5. The number of alkyl carbamates (subject to hydrolysis) is 1. The molecular weight excluding hydrogens is 739 g/mol. The van der Waals surface area contributed by atoms with Gasteiger partial charge in [-0.3, -0.25) is 9.69 Å². The molecule has 8 rings (SSSR count). The molecule has 3 fully saturated rings. The van der Waals surface area contributed by atoms with E-state index in [1.807, 2.05) is 13.8 Å². The number of benzene rings is 1. The first kappa shape index (κ1) is 39.3. The minimum absolute atomic E-state index is 0.00265. The Morgan fingerprint density at radius 3 is 2.50 bits per heavy atom. The zero-order chi connectivity index (χ0) is 40.7. The van der Waals surface area contributed by atoms with Gasteiger partial charge >= 0.3 is 12.2 Å². The predicted molar refractivity (Wildman–Crippen MR) is 215 cm³/mol. The number of amides is 3. The number of methoxy groups -OCH3 is 2. The van der Waals surface area contributed by atoms with Crippen molar-refractivity contribution < 1.29 is 33.7 Å². The Morgan fingerprint density at radius 1 is 1.02 bits per heavy atom. The Hall–Kier alpha value is -5.54. The molecule has 0 bridgehead atoms. The van der Waals surface area contributed by atoms with Crippen LogP contribution in [0.25, 0.3) is 16.8 Å². The normalized spacial score (nSPS) is 28.2. The summed E-state index contributed by atoms with van der Waals surface area (Å²) >= 11 is 0.